The zero-order valence-corrected chi connectivity index (χ0v) is 12.9. The van der Waals surface area contributed by atoms with Crippen LogP contribution in [0.2, 0.25) is 0 Å². The first-order chi connectivity index (χ1) is 9.61. The smallest absolute Gasteiger partial charge is 0.241 e. The van der Waals surface area contributed by atoms with E-state index in [1.54, 1.807) is 0 Å². The van der Waals surface area contributed by atoms with Crippen molar-refractivity contribution < 1.29 is 9.90 Å². The molecule has 4 nitrogen and oxygen atoms in total. The van der Waals surface area contributed by atoms with E-state index in [1.807, 2.05) is 43.8 Å². The number of hydrogen-bond acceptors (Lipinski definition) is 4. The van der Waals surface area contributed by atoms with Gasteiger partial charge in [-0.2, -0.15) is 11.8 Å². The van der Waals surface area contributed by atoms with Crippen molar-refractivity contribution in [2.24, 2.45) is 0 Å². The maximum absolute atomic E-state index is 12.3. The van der Waals surface area contributed by atoms with Crippen LogP contribution in [-0.2, 0) is 11.4 Å². The number of carbonyl (C=O) groups excluding carboxylic acids is 1. The third kappa shape index (κ3) is 3.75. The zero-order valence-electron chi connectivity index (χ0n) is 12.1. The normalized spacial score (nSPS) is 17.8. The Hall–Kier alpha value is -1.04. The van der Waals surface area contributed by atoms with Gasteiger partial charge in [0.1, 0.15) is 0 Å². The van der Waals surface area contributed by atoms with Crippen LogP contribution in [0.5, 0.6) is 0 Å². The van der Waals surface area contributed by atoms with E-state index in [1.165, 1.54) is 0 Å². The highest BCUT2D eigenvalue weighted by Crippen LogP contribution is 2.19. The van der Waals surface area contributed by atoms with Crippen LogP contribution in [-0.4, -0.2) is 46.6 Å². The first-order valence-electron chi connectivity index (χ1n) is 6.95. The van der Waals surface area contributed by atoms with E-state index < -0.39 is 0 Å². The molecule has 1 aliphatic heterocycles. The van der Waals surface area contributed by atoms with Crippen LogP contribution < -0.4 is 5.32 Å². The van der Waals surface area contributed by atoms with Gasteiger partial charge >= 0.3 is 0 Å². The molecule has 0 spiro atoms. The molecular formula is C15H22N2O2S. The van der Waals surface area contributed by atoms with Gasteiger partial charge in [-0.25, -0.2) is 0 Å². The Bertz CT molecular complexity index is 473. The van der Waals surface area contributed by atoms with Gasteiger partial charge in [0, 0.05) is 30.3 Å². The lowest BCUT2D eigenvalue weighted by atomic mass is 10.1. The van der Waals surface area contributed by atoms with Crippen LogP contribution >= 0.6 is 11.8 Å². The first kappa shape index (κ1) is 15.4. The minimum atomic E-state index is -0.118. The molecule has 5 heteroatoms. The van der Waals surface area contributed by atoms with E-state index in [0.29, 0.717) is 0 Å². The van der Waals surface area contributed by atoms with Gasteiger partial charge in [0.25, 0.3) is 0 Å². The van der Waals surface area contributed by atoms with Gasteiger partial charge in [0.2, 0.25) is 5.91 Å². The van der Waals surface area contributed by atoms with Crippen molar-refractivity contribution in [2.45, 2.75) is 26.5 Å². The molecular weight excluding hydrogens is 272 g/mol. The molecule has 1 fully saturated rings. The third-order valence-corrected chi connectivity index (χ3v) is 4.66. The summed E-state index contributed by atoms with van der Waals surface area (Å²) in [6.45, 7) is 5.83. The lowest BCUT2D eigenvalue weighted by Crippen LogP contribution is -2.46. The number of rotatable bonds is 4. The Kier molecular flexibility index (Phi) is 5.46. The molecule has 1 saturated heterocycles. The van der Waals surface area contributed by atoms with Crippen molar-refractivity contribution in [1.29, 1.82) is 0 Å². The summed E-state index contributed by atoms with van der Waals surface area (Å²) in [7, 11) is 0. The molecule has 1 heterocycles. The van der Waals surface area contributed by atoms with E-state index in [-0.39, 0.29) is 18.6 Å². The Morgan fingerprint density at radius 2 is 2.15 bits per heavy atom. The molecule has 2 rings (SSSR count). The average molecular weight is 294 g/mol. The number of thioether (sulfide) groups is 1. The number of carbonyl (C=O) groups is 1. The van der Waals surface area contributed by atoms with E-state index in [9.17, 15) is 9.90 Å². The molecule has 0 aromatic heterocycles. The Balaban J connectivity index is 2.03. The number of aliphatic hydroxyl groups excluding tert-OH is 1. The van der Waals surface area contributed by atoms with Crippen LogP contribution in [0.25, 0.3) is 0 Å². The summed E-state index contributed by atoms with van der Waals surface area (Å²) in [5.74, 6) is 2.21. The number of hydrogen-bond donors (Lipinski definition) is 2. The molecule has 0 radical (unpaired) electrons. The predicted octanol–water partition coefficient (Wildman–Crippen LogP) is 1.86. The molecule has 0 saturated carbocycles. The Morgan fingerprint density at radius 3 is 2.80 bits per heavy atom. The number of anilines is 1. The molecule has 0 bridgehead atoms. The van der Waals surface area contributed by atoms with Crippen molar-refractivity contribution in [3.63, 3.8) is 0 Å². The summed E-state index contributed by atoms with van der Waals surface area (Å²) in [4.78, 5) is 14.6. The number of nitrogens with zero attached hydrogens (tertiary/aromatic N) is 1. The van der Waals surface area contributed by atoms with E-state index in [0.717, 1.165) is 41.4 Å². The van der Waals surface area contributed by atoms with Crippen LogP contribution in [0, 0.1) is 6.92 Å². The van der Waals surface area contributed by atoms with E-state index in [2.05, 4.69) is 10.2 Å². The second kappa shape index (κ2) is 7.11. The maximum atomic E-state index is 12.3. The lowest BCUT2D eigenvalue weighted by molar-refractivity contribution is -0.120. The monoisotopic (exact) mass is 294 g/mol. The molecule has 0 aliphatic carbocycles. The van der Waals surface area contributed by atoms with Gasteiger partial charge in [-0.1, -0.05) is 12.1 Å². The van der Waals surface area contributed by atoms with Crippen LogP contribution in [0.4, 0.5) is 5.69 Å². The summed E-state index contributed by atoms with van der Waals surface area (Å²) in [5, 5.41) is 12.2. The molecule has 0 unspecified atom stereocenters. The highest BCUT2D eigenvalue weighted by Gasteiger charge is 2.23. The molecule has 1 atom stereocenters. The van der Waals surface area contributed by atoms with Crippen molar-refractivity contribution in [1.82, 2.24) is 4.90 Å². The number of nitrogens with one attached hydrogen (secondary N) is 1. The first-order valence-corrected chi connectivity index (χ1v) is 8.10. The standard InChI is InChI=1S/C15H22N2O2S/c1-11-3-4-13(10-18)9-14(11)16-15(19)12(2)17-5-7-20-8-6-17/h3-4,9,12,18H,5-8,10H2,1-2H3,(H,16,19)/t12-/m1/s1. The lowest BCUT2D eigenvalue weighted by Gasteiger charge is -2.31. The Labute approximate surface area is 124 Å². The van der Waals surface area contributed by atoms with Crippen LogP contribution in [0.15, 0.2) is 18.2 Å². The Morgan fingerprint density at radius 1 is 1.45 bits per heavy atom. The van der Waals surface area contributed by atoms with Crippen LogP contribution in [0.1, 0.15) is 18.1 Å². The van der Waals surface area contributed by atoms with Gasteiger partial charge < -0.3 is 10.4 Å². The highest BCUT2D eigenvalue weighted by atomic mass is 32.2. The van der Waals surface area contributed by atoms with Crippen molar-refractivity contribution >= 4 is 23.4 Å². The maximum Gasteiger partial charge on any atom is 0.241 e. The molecule has 110 valence electrons. The van der Waals surface area contributed by atoms with E-state index >= 15 is 0 Å². The summed E-state index contributed by atoms with van der Waals surface area (Å²) < 4.78 is 0. The van der Waals surface area contributed by atoms with Gasteiger partial charge in [0.15, 0.2) is 0 Å². The SMILES string of the molecule is Cc1ccc(CO)cc1NC(=O)[C@@H](C)N1CCSCC1. The summed E-state index contributed by atoms with van der Waals surface area (Å²) in [5.41, 5.74) is 2.62. The number of amides is 1. The van der Waals surface area contributed by atoms with Gasteiger partial charge in [-0.05, 0) is 31.0 Å². The third-order valence-electron chi connectivity index (χ3n) is 3.72. The number of aliphatic hydroxyl groups is 1. The van der Waals surface area contributed by atoms with E-state index in [4.69, 9.17) is 0 Å². The average Bonchev–Trinajstić information content (AvgIpc) is 2.49. The van der Waals surface area contributed by atoms with Crippen molar-refractivity contribution in [3.05, 3.63) is 29.3 Å². The van der Waals surface area contributed by atoms with Gasteiger partial charge in [0.05, 0.1) is 12.6 Å². The molecule has 1 aromatic rings. The van der Waals surface area contributed by atoms with Crippen LogP contribution in [0.3, 0.4) is 0 Å². The second-order valence-electron chi connectivity index (χ2n) is 5.12. The molecule has 1 amide bonds. The minimum absolute atomic E-state index is 0.0119. The summed E-state index contributed by atoms with van der Waals surface area (Å²) in [6, 6.07) is 5.51. The molecule has 20 heavy (non-hydrogen) atoms. The fourth-order valence-corrected chi connectivity index (χ4v) is 3.20. The molecule has 1 aliphatic rings. The summed E-state index contributed by atoms with van der Waals surface area (Å²) in [6.07, 6.45) is 0. The highest BCUT2D eigenvalue weighted by molar-refractivity contribution is 7.99. The molecule has 2 N–H and O–H groups in total. The number of aryl methyl sites for hydroxylation is 1. The van der Waals surface area contributed by atoms with Gasteiger partial charge in [-0.3, -0.25) is 9.69 Å². The largest absolute Gasteiger partial charge is 0.392 e. The van der Waals surface area contributed by atoms with Crippen molar-refractivity contribution in [2.75, 3.05) is 29.9 Å². The topological polar surface area (TPSA) is 52.6 Å². The quantitative estimate of drug-likeness (QED) is 0.890. The van der Waals surface area contributed by atoms with Gasteiger partial charge in [-0.15, -0.1) is 0 Å². The fraction of sp³-hybridized carbons (Fsp3) is 0.533. The minimum Gasteiger partial charge on any atom is -0.392 e. The number of benzene rings is 1. The van der Waals surface area contributed by atoms with Crippen molar-refractivity contribution in [3.8, 4) is 0 Å². The molecule has 1 aromatic carbocycles. The summed E-state index contributed by atoms with van der Waals surface area (Å²) >= 11 is 1.94. The zero-order chi connectivity index (χ0) is 14.5. The predicted molar refractivity (Wildman–Crippen MR) is 84.1 cm³/mol. The second-order valence-corrected chi connectivity index (χ2v) is 6.35. The fourth-order valence-electron chi connectivity index (χ4n) is 2.27.